The van der Waals surface area contributed by atoms with Gasteiger partial charge in [-0.2, -0.15) is 0 Å². The first-order valence-electron chi connectivity index (χ1n) is 8.11. The fourth-order valence-electron chi connectivity index (χ4n) is 2.91. The molecule has 3 rings (SSSR count). The molecule has 3 N–H and O–H groups in total. The van der Waals surface area contributed by atoms with E-state index >= 15 is 0 Å². The van der Waals surface area contributed by atoms with Crippen LogP contribution in [0.2, 0.25) is 0 Å². The van der Waals surface area contributed by atoms with Crippen LogP contribution in [0.3, 0.4) is 0 Å². The van der Waals surface area contributed by atoms with Gasteiger partial charge in [-0.1, -0.05) is 18.2 Å². The van der Waals surface area contributed by atoms with Crippen molar-refractivity contribution in [2.24, 2.45) is 0 Å². The van der Waals surface area contributed by atoms with Crippen LogP contribution in [0.4, 0.5) is 5.69 Å². The fraction of sp³-hybridized carbons (Fsp3) is 0.333. The number of carbonyl (C=O) groups is 2. The van der Waals surface area contributed by atoms with Crippen molar-refractivity contribution in [2.75, 3.05) is 11.9 Å². The molecule has 0 spiro atoms. The zero-order valence-corrected chi connectivity index (χ0v) is 15.6. The van der Waals surface area contributed by atoms with Crippen molar-refractivity contribution in [1.82, 2.24) is 10.6 Å². The molecule has 2 heterocycles. The molecule has 1 fully saturated rings. The van der Waals surface area contributed by atoms with Gasteiger partial charge in [-0.25, -0.2) is 0 Å². The van der Waals surface area contributed by atoms with Crippen LogP contribution in [0.25, 0.3) is 0 Å². The number of halogens is 1. The minimum atomic E-state index is -0.194. The van der Waals surface area contributed by atoms with E-state index in [0.29, 0.717) is 22.2 Å². The Morgan fingerprint density at radius 1 is 1.16 bits per heavy atom. The molecule has 0 bridgehead atoms. The summed E-state index contributed by atoms with van der Waals surface area (Å²) in [6, 6.07) is 11.3. The average Bonchev–Trinajstić information content (AvgIpc) is 3.10. The highest BCUT2D eigenvalue weighted by molar-refractivity contribution is 7.12. The summed E-state index contributed by atoms with van der Waals surface area (Å²) in [7, 11) is 0. The van der Waals surface area contributed by atoms with Gasteiger partial charge in [-0.3, -0.25) is 9.59 Å². The normalized spacial score (nSPS) is 19.6. The van der Waals surface area contributed by atoms with Gasteiger partial charge in [0, 0.05) is 12.1 Å². The van der Waals surface area contributed by atoms with Crippen molar-refractivity contribution in [3.05, 3.63) is 52.2 Å². The molecule has 0 saturated carbocycles. The van der Waals surface area contributed by atoms with Gasteiger partial charge in [0.2, 0.25) is 0 Å². The summed E-state index contributed by atoms with van der Waals surface area (Å²) in [5.74, 6) is -0.336. The summed E-state index contributed by atoms with van der Waals surface area (Å²) in [6.07, 6.45) is 1.83. The van der Waals surface area contributed by atoms with Gasteiger partial charge < -0.3 is 16.0 Å². The number of piperidine rings is 1. The molecule has 1 aliphatic rings. The zero-order chi connectivity index (χ0) is 16.9. The molecule has 25 heavy (non-hydrogen) atoms. The number of para-hydroxylation sites is 1. The topological polar surface area (TPSA) is 70.2 Å². The zero-order valence-electron chi connectivity index (χ0n) is 14.0. The molecule has 2 atom stereocenters. The van der Waals surface area contributed by atoms with E-state index in [2.05, 4.69) is 22.9 Å². The maximum absolute atomic E-state index is 12.6. The first kappa shape index (κ1) is 19.4. The van der Waals surface area contributed by atoms with Crippen LogP contribution in [0.5, 0.6) is 0 Å². The van der Waals surface area contributed by atoms with Gasteiger partial charge >= 0.3 is 0 Å². The van der Waals surface area contributed by atoms with Crippen molar-refractivity contribution < 1.29 is 9.59 Å². The summed E-state index contributed by atoms with van der Waals surface area (Å²) in [5.41, 5.74) is 1.03. The van der Waals surface area contributed by atoms with Crippen LogP contribution in [0, 0.1) is 0 Å². The SMILES string of the molecule is CC1CC(NC(=O)c2ccccc2NC(=O)c2cccs2)CCN1.Cl. The molecule has 1 saturated heterocycles. The number of anilines is 1. The Morgan fingerprint density at radius 2 is 1.96 bits per heavy atom. The molecule has 0 radical (unpaired) electrons. The number of rotatable bonds is 4. The summed E-state index contributed by atoms with van der Waals surface area (Å²) in [6.45, 7) is 3.02. The molecule has 5 nitrogen and oxygen atoms in total. The van der Waals surface area contributed by atoms with Gasteiger partial charge in [-0.05, 0) is 49.9 Å². The maximum atomic E-state index is 12.6. The molecular formula is C18H22ClN3O2S. The molecule has 1 aliphatic heterocycles. The van der Waals surface area contributed by atoms with E-state index < -0.39 is 0 Å². The molecule has 1 aromatic heterocycles. The lowest BCUT2D eigenvalue weighted by atomic mass is 10.00. The lowest BCUT2D eigenvalue weighted by molar-refractivity contribution is 0.0926. The molecule has 7 heteroatoms. The average molecular weight is 380 g/mol. The number of amides is 2. The highest BCUT2D eigenvalue weighted by Gasteiger charge is 2.22. The first-order valence-corrected chi connectivity index (χ1v) is 8.99. The third-order valence-electron chi connectivity index (χ3n) is 4.12. The molecule has 134 valence electrons. The van der Waals surface area contributed by atoms with Crippen LogP contribution >= 0.6 is 23.7 Å². The highest BCUT2D eigenvalue weighted by Crippen LogP contribution is 2.19. The Balaban J connectivity index is 0.00000225. The van der Waals surface area contributed by atoms with E-state index in [1.807, 2.05) is 17.5 Å². The molecule has 2 aromatic rings. The molecule has 0 aliphatic carbocycles. The van der Waals surface area contributed by atoms with Gasteiger partial charge in [0.25, 0.3) is 11.8 Å². The largest absolute Gasteiger partial charge is 0.349 e. The van der Waals surface area contributed by atoms with Crippen LogP contribution < -0.4 is 16.0 Å². The van der Waals surface area contributed by atoms with Gasteiger partial charge in [-0.15, -0.1) is 23.7 Å². The Labute approximate surface area is 157 Å². The van der Waals surface area contributed by atoms with Gasteiger partial charge in [0.1, 0.15) is 0 Å². The second-order valence-electron chi connectivity index (χ2n) is 6.03. The lowest BCUT2D eigenvalue weighted by Crippen LogP contribution is -2.46. The smallest absolute Gasteiger partial charge is 0.265 e. The standard InChI is InChI=1S/C18H21N3O2S.ClH/c1-12-11-13(8-9-19-12)20-17(22)14-5-2-3-6-15(14)21-18(23)16-7-4-10-24-16;/h2-7,10,12-13,19H,8-9,11H2,1H3,(H,20,22)(H,21,23);1H. The third-order valence-corrected chi connectivity index (χ3v) is 4.99. The highest BCUT2D eigenvalue weighted by atomic mass is 35.5. The first-order chi connectivity index (χ1) is 11.6. The lowest BCUT2D eigenvalue weighted by Gasteiger charge is -2.28. The number of thiophene rings is 1. The Hall–Kier alpha value is -1.89. The predicted octanol–water partition coefficient (Wildman–Crippen LogP) is 3.29. The van der Waals surface area contributed by atoms with E-state index in [9.17, 15) is 9.59 Å². The Bertz CT molecular complexity index is 721. The third kappa shape index (κ3) is 5.04. The monoisotopic (exact) mass is 379 g/mol. The van der Waals surface area contributed by atoms with E-state index in [4.69, 9.17) is 0 Å². The van der Waals surface area contributed by atoms with E-state index in [-0.39, 0.29) is 30.3 Å². The fourth-order valence-corrected chi connectivity index (χ4v) is 3.53. The minimum absolute atomic E-state index is 0. The minimum Gasteiger partial charge on any atom is -0.349 e. The second-order valence-corrected chi connectivity index (χ2v) is 6.97. The van der Waals surface area contributed by atoms with E-state index in [0.717, 1.165) is 19.4 Å². The quantitative estimate of drug-likeness (QED) is 0.763. The van der Waals surface area contributed by atoms with Crippen molar-refractivity contribution in [3.8, 4) is 0 Å². The van der Waals surface area contributed by atoms with Crippen LogP contribution in [0.1, 0.15) is 39.8 Å². The summed E-state index contributed by atoms with van der Waals surface area (Å²) >= 11 is 1.37. The van der Waals surface area contributed by atoms with Gasteiger partial charge in [0.15, 0.2) is 0 Å². The molecular weight excluding hydrogens is 358 g/mol. The molecule has 2 amide bonds. The number of nitrogens with one attached hydrogen (secondary N) is 3. The summed E-state index contributed by atoms with van der Waals surface area (Å²) in [4.78, 5) is 25.5. The van der Waals surface area contributed by atoms with Gasteiger partial charge in [0.05, 0.1) is 16.1 Å². The van der Waals surface area contributed by atoms with Crippen LogP contribution in [-0.4, -0.2) is 30.4 Å². The molecule has 1 aromatic carbocycles. The van der Waals surface area contributed by atoms with Crippen molar-refractivity contribution in [1.29, 1.82) is 0 Å². The number of carbonyl (C=O) groups excluding carboxylic acids is 2. The van der Waals surface area contributed by atoms with Crippen molar-refractivity contribution in [3.63, 3.8) is 0 Å². The van der Waals surface area contributed by atoms with E-state index in [1.54, 1.807) is 24.3 Å². The number of benzene rings is 1. The van der Waals surface area contributed by atoms with Crippen LogP contribution in [-0.2, 0) is 0 Å². The number of hydrogen-bond donors (Lipinski definition) is 3. The Kier molecular flexibility index (Phi) is 6.99. The second kappa shape index (κ2) is 8.99. The Morgan fingerprint density at radius 3 is 2.68 bits per heavy atom. The summed E-state index contributed by atoms with van der Waals surface area (Å²) < 4.78 is 0. The predicted molar refractivity (Wildman–Crippen MR) is 104 cm³/mol. The van der Waals surface area contributed by atoms with E-state index in [1.165, 1.54) is 11.3 Å². The summed E-state index contributed by atoms with van der Waals surface area (Å²) in [5, 5.41) is 11.1. The maximum Gasteiger partial charge on any atom is 0.265 e. The van der Waals surface area contributed by atoms with Crippen molar-refractivity contribution in [2.45, 2.75) is 31.8 Å². The molecule has 2 unspecified atom stereocenters. The number of hydrogen-bond acceptors (Lipinski definition) is 4. The van der Waals surface area contributed by atoms with Crippen LogP contribution in [0.15, 0.2) is 41.8 Å². The van der Waals surface area contributed by atoms with Crippen molar-refractivity contribution >= 4 is 41.2 Å².